The molecule has 0 aromatic heterocycles. The highest BCUT2D eigenvalue weighted by Crippen LogP contribution is 2.37. The number of nitrogen functional groups attached to an aromatic ring is 1. The number of anilines is 1. The molecule has 1 saturated heterocycles. The van der Waals surface area contributed by atoms with Crippen molar-refractivity contribution < 1.29 is 31.1 Å². The SMILES string of the molecule is CC1(c2ccc(N)c(S(=O)(=O)C(F)(F)F)c2)OCCO1. The zero-order chi connectivity index (χ0) is 15.2. The van der Waals surface area contributed by atoms with Gasteiger partial charge in [-0.15, -0.1) is 0 Å². The van der Waals surface area contributed by atoms with Gasteiger partial charge in [-0.3, -0.25) is 0 Å². The van der Waals surface area contributed by atoms with Crippen molar-refractivity contribution in [2.45, 2.75) is 23.1 Å². The fourth-order valence-electron chi connectivity index (χ4n) is 1.86. The van der Waals surface area contributed by atoms with Gasteiger partial charge < -0.3 is 15.2 Å². The maximum atomic E-state index is 12.6. The average molecular weight is 311 g/mol. The first-order chi connectivity index (χ1) is 9.08. The molecular weight excluding hydrogens is 299 g/mol. The molecule has 0 aliphatic carbocycles. The predicted molar refractivity (Wildman–Crippen MR) is 63.4 cm³/mol. The fraction of sp³-hybridized carbons (Fsp3) is 0.455. The Balaban J connectivity index is 2.56. The summed E-state index contributed by atoms with van der Waals surface area (Å²) in [5.74, 6) is -1.27. The normalized spacial score (nSPS) is 19.2. The van der Waals surface area contributed by atoms with Crippen LogP contribution >= 0.6 is 0 Å². The Morgan fingerprint density at radius 3 is 2.30 bits per heavy atom. The van der Waals surface area contributed by atoms with Crippen LogP contribution in [0.5, 0.6) is 0 Å². The standard InChI is InChI=1S/C11H12F3NO4S/c1-10(18-4-5-19-10)7-2-3-8(15)9(6-7)20(16,17)11(12,13)14/h2-3,6H,4-5,15H2,1H3. The van der Waals surface area contributed by atoms with Gasteiger partial charge in [0.25, 0.3) is 9.84 Å². The lowest BCUT2D eigenvalue weighted by molar-refractivity contribution is -0.149. The quantitative estimate of drug-likeness (QED) is 0.842. The third kappa shape index (κ3) is 2.36. The highest BCUT2D eigenvalue weighted by Gasteiger charge is 2.48. The van der Waals surface area contributed by atoms with Crippen LogP contribution in [0.15, 0.2) is 23.1 Å². The molecule has 0 amide bonds. The van der Waals surface area contributed by atoms with Crippen molar-refractivity contribution in [1.82, 2.24) is 0 Å². The van der Waals surface area contributed by atoms with Crippen molar-refractivity contribution in [3.8, 4) is 0 Å². The minimum atomic E-state index is -5.52. The van der Waals surface area contributed by atoms with E-state index in [1.165, 1.54) is 13.0 Å². The Hall–Kier alpha value is -1.32. The average Bonchev–Trinajstić information content (AvgIpc) is 2.76. The Bertz CT molecular complexity index is 621. The highest BCUT2D eigenvalue weighted by atomic mass is 32.2. The molecule has 20 heavy (non-hydrogen) atoms. The maximum absolute atomic E-state index is 12.6. The molecule has 9 heteroatoms. The number of alkyl halides is 3. The van der Waals surface area contributed by atoms with E-state index in [0.29, 0.717) is 0 Å². The number of ether oxygens (including phenoxy) is 2. The zero-order valence-corrected chi connectivity index (χ0v) is 11.2. The minimum Gasteiger partial charge on any atom is -0.398 e. The van der Waals surface area contributed by atoms with E-state index in [1.807, 2.05) is 0 Å². The topological polar surface area (TPSA) is 78.6 Å². The van der Waals surface area contributed by atoms with E-state index in [1.54, 1.807) is 0 Å². The van der Waals surface area contributed by atoms with Crippen molar-refractivity contribution >= 4 is 15.5 Å². The molecule has 0 bridgehead atoms. The molecule has 0 spiro atoms. The van der Waals surface area contributed by atoms with Gasteiger partial charge in [-0.25, -0.2) is 8.42 Å². The Kier molecular flexibility index (Phi) is 3.47. The Labute approximate surface area is 113 Å². The van der Waals surface area contributed by atoms with Crippen LogP contribution in [0.4, 0.5) is 18.9 Å². The minimum absolute atomic E-state index is 0.159. The summed E-state index contributed by atoms with van der Waals surface area (Å²) in [6.07, 6.45) is 0. The number of benzene rings is 1. The number of halogens is 3. The Morgan fingerprint density at radius 1 is 1.25 bits per heavy atom. The van der Waals surface area contributed by atoms with E-state index < -0.39 is 31.7 Å². The molecule has 1 aromatic rings. The second-order valence-corrected chi connectivity index (χ2v) is 6.25. The summed E-state index contributed by atoms with van der Waals surface area (Å²) in [6, 6.07) is 3.30. The molecular formula is C11H12F3NO4S. The molecule has 1 aliphatic heterocycles. The summed E-state index contributed by atoms with van der Waals surface area (Å²) in [6.45, 7) is 2.03. The van der Waals surface area contributed by atoms with Gasteiger partial charge in [0, 0.05) is 5.56 Å². The Morgan fingerprint density at radius 2 is 1.80 bits per heavy atom. The van der Waals surface area contributed by atoms with Crippen molar-refractivity contribution in [2.75, 3.05) is 18.9 Å². The molecule has 2 N–H and O–H groups in total. The molecule has 0 radical (unpaired) electrons. The van der Waals surface area contributed by atoms with Crippen LogP contribution < -0.4 is 5.73 Å². The first-order valence-electron chi connectivity index (χ1n) is 5.57. The van der Waals surface area contributed by atoms with Crippen LogP contribution in [0.3, 0.4) is 0 Å². The van der Waals surface area contributed by atoms with Gasteiger partial charge in [-0.1, -0.05) is 6.07 Å². The van der Waals surface area contributed by atoms with E-state index in [9.17, 15) is 21.6 Å². The third-order valence-corrected chi connectivity index (χ3v) is 4.51. The molecule has 0 saturated carbocycles. The van der Waals surface area contributed by atoms with Crippen molar-refractivity contribution in [1.29, 1.82) is 0 Å². The number of hydrogen-bond donors (Lipinski definition) is 1. The molecule has 0 unspecified atom stereocenters. The lowest BCUT2D eigenvalue weighted by Crippen LogP contribution is -2.26. The second-order valence-electron chi connectivity index (χ2n) is 4.34. The van der Waals surface area contributed by atoms with Crippen LogP contribution in [0, 0.1) is 0 Å². The summed E-state index contributed by atoms with van der Waals surface area (Å²) in [5, 5.41) is 0. The fourth-order valence-corrected chi connectivity index (χ4v) is 2.77. The van der Waals surface area contributed by atoms with E-state index in [2.05, 4.69) is 0 Å². The van der Waals surface area contributed by atoms with Gasteiger partial charge in [-0.2, -0.15) is 13.2 Å². The van der Waals surface area contributed by atoms with Crippen LogP contribution in [-0.2, 0) is 25.1 Å². The van der Waals surface area contributed by atoms with Crippen LogP contribution in [-0.4, -0.2) is 27.1 Å². The van der Waals surface area contributed by atoms with Gasteiger partial charge >= 0.3 is 5.51 Å². The smallest absolute Gasteiger partial charge is 0.398 e. The monoisotopic (exact) mass is 311 g/mol. The van der Waals surface area contributed by atoms with Gasteiger partial charge in [-0.05, 0) is 19.1 Å². The first kappa shape index (κ1) is 15.1. The van der Waals surface area contributed by atoms with Crippen molar-refractivity contribution in [2.24, 2.45) is 0 Å². The summed E-state index contributed by atoms with van der Waals surface area (Å²) in [4.78, 5) is -0.997. The second kappa shape index (κ2) is 4.61. The summed E-state index contributed by atoms with van der Waals surface area (Å²) in [5.41, 5.74) is -0.385. The van der Waals surface area contributed by atoms with E-state index in [-0.39, 0.29) is 18.8 Å². The van der Waals surface area contributed by atoms with Gasteiger partial charge in [0.2, 0.25) is 0 Å². The molecule has 5 nitrogen and oxygen atoms in total. The van der Waals surface area contributed by atoms with Crippen LogP contribution in [0.2, 0.25) is 0 Å². The van der Waals surface area contributed by atoms with Gasteiger partial charge in [0.1, 0.15) is 0 Å². The largest absolute Gasteiger partial charge is 0.501 e. The van der Waals surface area contributed by atoms with Gasteiger partial charge in [0.15, 0.2) is 5.79 Å². The molecule has 1 heterocycles. The van der Waals surface area contributed by atoms with E-state index >= 15 is 0 Å². The van der Waals surface area contributed by atoms with Crippen molar-refractivity contribution in [3.05, 3.63) is 23.8 Å². The number of sulfone groups is 1. The van der Waals surface area contributed by atoms with Crippen LogP contribution in [0.25, 0.3) is 0 Å². The summed E-state index contributed by atoms with van der Waals surface area (Å²) >= 11 is 0. The van der Waals surface area contributed by atoms with E-state index in [4.69, 9.17) is 15.2 Å². The summed E-state index contributed by atoms with van der Waals surface area (Å²) in [7, 11) is -5.52. The lowest BCUT2D eigenvalue weighted by atomic mass is 10.1. The zero-order valence-electron chi connectivity index (χ0n) is 10.4. The maximum Gasteiger partial charge on any atom is 0.501 e. The van der Waals surface area contributed by atoms with Gasteiger partial charge in [0.05, 0.1) is 23.8 Å². The molecule has 2 rings (SSSR count). The number of nitrogens with two attached hydrogens (primary N) is 1. The third-order valence-electron chi connectivity index (χ3n) is 2.97. The lowest BCUT2D eigenvalue weighted by Gasteiger charge is -2.23. The highest BCUT2D eigenvalue weighted by molar-refractivity contribution is 7.92. The molecule has 1 fully saturated rings. The molecule has 112 valence electrons. The van der Waals surface area contributed by atoms with Crippen LogP contribution in [0.1, 0.15) is 12.5 Å². The number of rotatable bonds is 2. The summed E-state index contributed by atoms with van der Waals surface area (Å²) < 4.78 is 71.3. The van der Waals surface area contributed by atoms with E-state index in [0.717, 1.165) is 12.1 Å². The van der Waals surface area contributed by atoms with Crippen molar-refractivity contribution in [3.63, 3.8) is 0 Å². The number of hydrogen-bond acceptors (Lipinski definition) is 5. The molecule has 1 aliphatic rings. The first-order valence-corrected chi connectivity index (χ1v) is 7.05. The molecule has 1 aromatic carbocycles. The molecule has 0 atom stereocenters. The predicted octanol–water partition coefficient (Wildman–Crippen LogP) is 1.78.